The fraction of sp³-hybridized carbons (Fsp3) is 0.417. The number of hydrogen-bond donors (Lipinski definition) is 2. The van der Waals surface area contributed by atoms with E-state index in [4.69, 9.17) is 5.73 Å². The molecule has 5 heteroatoms. The van der Waals surface area contributed by atoms with Gasteiger partial charge in [-0.2, -0.15) is 0 Å². The lowest BCUT2D eigenvalue weighted by atomic mass is 9.99. The summed E-state index contributed by atoms with van der Waals surface area (Å²) in [6, 6.07) is 2.61. The van der Waals surface area contributed by atoms with Gasteiger partial charge in [0.2, 0.25) is 5.91 Å². The van der Waals surface area contributed by atoms with Gasteiger partial charge < -0.3 is 11.1 Å². The lowest BCUT2D eigenvalue weighted by Crippen LogP contribution is -2.41. The van der Waals surface area contributed by atoms with Crippen LogP contribution in [0.25, 0.3) is 0 Å². The van der Waals surface area contributed by atoms with E-state index in [9.17, 15) is 13.6 Å². The van der Waals surface area contributed by atoms with Crippen LogP contribution in [-0.2, 0) is 4.79 Å². The molecular formula is C12H16F2N2O. The van der Waals surface area contributed by atoms with Gasteiger partial charge in [-0.1, -0.05) is 26.3 Å². The Bertz CT molecular complexity index is 389. The predicted octanol–water partition coefficient (Wildman–Crippen LogP) is 2.28. The highest BCUT2D eigenvalue weighted by atomic mass is 19.1. The fourth-order valence-corrected chi connectivity index (χ4v) is 1.34. The topological polar surface area (TPSA) is 55.1 Å². The lowest BCUT2D eigenvalue weighted by Gasteiger charge is -2.18. The van der Waals surface area contributed by atoms with Crippen molar-refractivity contribution in [1.29, 1.82) is 0 Å². The van der Waals surface area contributed by atoms with Crippen molar-refractivity contribution in [3.8, 4) is 0 Å². The lowest BCUT2D eigenvalue weighted by molar-refractivity contribution is -0.118. The molecule has 2 atom stereocenters. The first kappa shape index (κ1) is 13.6. The van der Waals surface area contributed by atoms with E-state index in [0.29, 0.717) is 6.42 Å². The van der Waals surface area contributed by atoms with Crippen LogP contribution in [0.1, 0.15) is 20.3 Å². The van der Waals surface area contributed by atoms with Crippen LogP contribution in [-0.4, -0.2) is 11.9 Å². The quantitative estimate of drug-likeness (QED) is 0.851. The van der Waals surface area contributed by atoms with Gasteiger partial charge in [0.1, 0.15) is 17.3 Å². The Balaban J connectivity index is 2.81. The molecule has 0 saturated carbocycles. The third kappa shape index (κ3) is 3.23. The Morgan fingerprint density at radius 1 is 1.41 bits per heavy atom. The van der Waals surface area contributed by atoms with Gasteiger partial charge in [0, 0.05) is 0 Å². The highest BCUT2D eigenvalue weighted by Gasteiger charge is 2.21. The van der Waals surface area contributed by atoms with E-state index >= 15 is 0 Å². The molecule has 1 aromatic carbocycles. The molecule has 0 aliphatic heterocycles. The number of benzene rings is 1. The molecule has 0 heterocycles. The Kier molecular flexibility index (Phi) is 4.57. The Hall–Kier alpha value is -1.49. The van der Waals surface area contributed by atoms with Crippen molar-refractivity contribution in [2.45, 2.75) is 26.3 Å². The first-order valence-corrected chi connectivity index (χ1v) is 5.47. The summed E-state index contributed by atoms with van der Waals surface area (Å²) in [6.07, 6.45) is 0.717. The van der Waals surface area contributed by atoms with E-state index in [1.165, 1.54) is 6.07 Å². The number of carbonyl (C=O) groups excluding carboxylic acids is 1. The van der Waals surface area contributed by atoms with Gasteiger partial charge in [0.25, 0.3) is 0 Å². The number of nitrogens with two attached hydrogens (primary N) is 1. The van der Waals surface area contributed by atoms with Crippen LogP contribution in [0.5, 0.6) is 0 Å². The zero-order valence-electron chi connectivity index (χ0n) is 9.84. The van der Waals surface area contributed by atoms with Gasteiger partial charge in [-0.15, -0.1) is 0 Å². The molecule has 0 aliphatic carbocycles. The second-order valence-electron chi connectivity index (χ2n) is 4.00. The molecule has 0 bridgehead atoms. The minimum absolute atomic E-state index is 0.0511. The SMILES string of the molecule is CC[C@H](C)[C@H](N)C(=O)Nc1c(F)cccc1F. The van der Waals surface area contributed by atoms with Crippen LogP contribution in [0.4, 0.5) is 14.5 Å². The van der Waals surface area contributed by atoms with E-state index in [1.54, 1.807) is 0 Å². The van der Waals surface area contributed by atoms with Crippen molar-refractivity contribution in [1.82, 2.24) is 0 Å². The minimum Gasteiger partial charge on any atom is -0.320 e. The first-order valence-electron chi connectivity index (χ1n) is 5.47. The summed E-state index contributed by atoms with van der Waals surface area (Å²) in [5.41, 5.74) is 5.21. The molecule has 1 aromatic rings. The number of amides is 1. The van der Waals surface area contributed by atoms with Crippen molar-refractivity contribution in [3.63, 3.8) is 0 Å². The molecule has 3 nitrogen and oxygen atoms in total. The molecule has 1 amide bonds. The third-order valence-corrected chi connectivity index (χ3v) is 2.77. The largest absolute Gasteiger partial charge is 0.320 e. The summed E-state index contributed by atoms with van der Waals surface area (Å²) in [6.45, 7) is 3.70. The number of para-hydroxylation sites is 1. The van der Waals surface area contributed by atoms with E-state index in [-0.39, 0.29) is 5.92 Å². The summed E-state index contributed by atoms with van der Waals surface area (Å²) < 4.78 is 26.5. The van der Waals surface area contributed by atoms with E-state index in [2.05, 4.69) is 5.32 Å². The molecule has 0 fully saturated rings. The smallest absolute Gasteiger partial charge is 0.241 e. The van der Waals surface area contributed by atoms with E-state index in [1.807, 2.05) is 13.8 Å². The maximum atomic E-state index is 13.3. The Labute approximate surface area is 99.0 Å². The third-order valence-electron chi connectivity index (χ3n) is 2.77. The standard InChI is InChI=1S/C12H16F2N2O/c1-3-7(2)10(15)12(17)16-11-8(13)5-4-6-9(11)14/h4-7,10H,3,15H2,1-2H3,(H,16,17)/t7-,10-/m0/s1. The molecule has 0 radical (unpaired) electrons. The summed E-state index contributed by atoms with van der Waals surface area (Å²) >= 11 is 0. The number of rotatable bonds is 4. The van der Waals surface area contributed by atoms with Gasteiger partial charge >= 0.3 is 0 Å². The van der Waals surface area contributed by atoms with Crippen molar-refractivity contribution in [2.24, 2.45) is 11.7 Å². The first-order chi connectivity index (χ1) is 7.97. The highest BCUT2D eigenvalue weighted by molar-refractivity contribution is 5.95. The summed E-state index contributed by atoms with van der Waals surface area (Å²) in [4.78, 5) is 11.6. The number of carbonyl (C=O) groups is 1. The van der Waals surface area contributed by atoms with Gasteiger partial charge in [-0.05, 0) is 18.1 Å². The predicted molar refractivity (Wildman–Crippen MR) is 62.4 cm³/mol. The van der Waals surface area contributed by atoms with Gasteiger partial charge in [-0.3, -0.25) is 4.79 Å². The van der Waals surface area contributed by atoms with Crippen molar-refractivity contribution in [2.75, 3.05) is 5.32 Å². The van der Waals surface area contributed by atoms with Crippen LogP contribution < -0.4 is 11.1 Å². The Morgan fingerprint density at radius 2 is 1.94 bits per heavy atom. The fourth-order valence-electron chi connectivity index (χ4n) is 1.34. The number of nitrogens with one attached hydrogen (secondary N) is 1. The van der Waals surface area contributed by atoms with Crippen molar-refractivity contribution >= 4 is 11.6 Å². The van der Waals surface area contributed by atoms with Crippen LogP contribution in [0.15, 0.2) is 18.2 Å². The van der Waals surface area contributed by atoms with Crippen molar-refractivity contribution in [3.05, 3.63) is 29.8 Å². The highest BCUT2D eigenvalue weighted by Crippen LogP contribution is 2.18. The molecular weight excluding hydrogens is 226 g/mol. The Morgan fingerprint density at radius 3 is 2.41 bits per heavy atom. The van der Waals surface area contributed by atoms with Crippen LogP contribution >= 0.6 is 0 Å². The molecule has 1 rings (SSSR count). The molecule has 17 heavy (non-hydrogen) atoms. The maximum absolute atomic E-state index is 13.3. The number of halogens is 2. The molecule has 0 saturated heterocycles. The molecule has 3 N–H and O–H groups in total. The summed E-state index contributed by atoms with van der Waals surface area (Å²) in [5, 5.41) is 2.18. The summed E-state index contributed by atoms with van der Waals surface area (Å²) in [5.74, 6) is -2.25. The number of hydrogen-bond acceptors (Lipinski definition) is 2. The zero-order chi connectivity index (χ0) is 13.0. The number of anilines is 1. The van der Waals surface area contributed by atoms with E-state index < -0.39 is 29.3 Å². The molecule has 0 spiro atoms. The van der Waals surface area contributed by atoms with Gasteiger partial charge in [-0.25, -0.2) is 8.78 Å². The average Bonchev–Trinajstić information content (AvgIpc) is 2.31. The molecule has 0 unspecified atom stereocenters. The maximum Gasteiger partial charge on any atom is 0.241 e. The van der Waals surface area contributed by atoms with Crippen LogP contribution in [0.3, 0.4) is 0 Å². The zero-order valence-corrected chi connectivity index (χ0v) is 9.84. The second-order valence-corrected chi connectivity index (χ2v) is 4.00. The molecule has 94 valence electrons. The average molecular weight is 242 g/mol. The minimum atomic E-state index is -0.810. The van der Waals surface area contributed by atoms with Gasteiger partial charge in [0.05, 0.1) is 6.04 Å². The van der Waals surface area contributed by atoms with Gasteiger partial charge in [0.15, 0.2) is 0 Å². The molecule has 0 aromatic heterocycles. The van der Waals surface area contributed by atoms with Crippen molar-refractivity contribution < 1.29 is 13.6 Å². The second kappa shape index (κ2) is 5.72. The molecule has 0 aliphatic rings. The monoisotopic (exact) mass is 242 g/mol. The normalized spacial score (nSPS) is 14.2. The van der Waals surface area contributed by atoms with E-state index in [0.717, 1.165) is 12.1 Å². The van der Waals surface area contributed by atoms with Crippen LogP contribution in [0, 0.1) is 17.6 Å². The summed E-state index contributed by atoms with van der Waals surface area (Å²) in [7, 11) is 0. The van der Waals surface area contributed by atoms with Crippen LogP contribution in [0.2, 0.25) is 0 Å².